The predicted octanol–water partition coefficient (Wildman–Crippen LogP) is 0.643. The van der Waals surface area contributed by atoms with Crippen LogP contribution in [0.5, 0.6) is 0 Å². The third-order valence-electron chi connectivity index (χ3n) is 3.30. The van der Waals surface area contributed by atoms with Gasteiger partial charge >= 0.3 is 5.97 Å². The molecule has 1 heterocycles. The van der Waals surface area contributed by atoms with Crippen LogP contribution in [-0.4, -0.2) is 40.6 Å². The van der Waals surface area contributed by atoms with Crippen molar-refractivity contribution in [2.45, 2.75) is 23.8 Å². The van der Waals surface area contributed by atoms with Gasteiger partial charge in [-0.3, -0.25) is 0 Å². The highest BCUT2D eigenvalue weighted by molar-refractivity contribution is 7.89. The Morgan fingerprint density at radius 3 is 2.67 bits per heavy atom. The average molecular weight is 316 g/mol. The zero-order valence-electron chi connectivity index (χ0n) is 11.6. The van der Waals surface area contributed by atoms with Gasteiger partial charge in [0, 0.05) is 6.04 Å². The van der Waals surface area contributed by atoms with E-state index in [1.165, 1.54) is 0 Å². The second-order valence-electron chi connectivity index (χ2n) is 4.78. The van der Waals surface area contributed by atoms with E-state index >= 15 is 0 Å². The lowest BCUT2D eigenvalue weighted by atomic mass is 10.1. The molecule has 0 saturated carbocycles. The molecule has 0 unspecified atom stereocenters. The normalized spacial score (nSPS) is 16.7. The standard InChI is InChI=1S/C13H17FN2O4S/c1-20-13(17)11-8-9(14)2-3-12(11)21(18,19)16-10-4-6-15-7-5-10/h2-3,8,10,15-16H,4-7H2,1H3. The van der Waals surface area contributed by atoms with Crippen LogP contribution in [0, 0.1) is 5.82 Å². The second-order valence-corrected chi connectivity index (χ2v) is 6.46. The molecule has 2 N–H and O–H groups in total. The quantitative estimate of drug-likeness (QED) is 0.797. The van der Waals surface area contributed by atoms with Gasteiger partial charge < -0.3 is 10.1 Å². The summed E-state index contributed by atoms with van der Waals surface area (Å²) in [6.45, 7) is 1.45. The van der Waals surface area contributed by atoms with Crippen LogP contribution in [0.15, 0.2) is 23.1 Å². The number of carbonyl (C=O) groups excluding carboxylic acids is 1. The highest BCUT2D eigenvalue weighted by atomic mass is 32.2. The van der Waals surface area contributed by atoms with Gasteiger partial charge in [0.05, 0.1) is 17.6 Å². The van der Waals surface area contributed by atoms with Gasteiger partial charge in [0.1, 0.15) is 5.82 Å². The molecule has 0 aliphatic carbocycles. The zero-order chi connectivity index (χ0) is 15.5. The van der Waals surface area contributed by atoms with Crippen molar-refractivity contribution in [3.05, 3.63) is 29.6 Å². The number of benzene rings is 1. The maximum atomic E-state index is 13.3. The average Bonchev–Trinajstić information content (AvgIpc) is 2.46. The molecule has 1 aromatic carbocycles. The van der Waals surface area contributed by atoms with E-state index < -0.39 is 21.8 Å². The first-order valence-electron chi connectivity index (χ1n) is 6.55. The van der Waals surface area contributed by atoms with Crippen molar-refractivity contribution < 1.29 is 22.3 Å². The van der Waals surface area contributed by atoms with Crippen LogP contribution in [-0.2, 0) is 14.8 Å². The number of piperidine rings is 1. The number of carbonyl (C=O) groups is 1. The molecule has 0 aromatic heterocycles. The van der Waals surface area contributed by atoms with Gasteiger partial charge in [-0.1, -0.05) is 0 Å². The van der Waals surface area contributed by atoms with Crippen molar-refractivity contribution in [2.24, 2.45) is 0 Å². The number of ether oxygens (including phenoxy) is 1. The van der Waals surface area contributed by atoms with Crippen LogP contribution in [0.2, 0.25) is 0 Å². The number of sulfonamides is 1. The van der Waals surface area contributed by atoms with Gasteiger partial charge in [-0.2, -0.15) is 0 Å². The van der Waals surface area contributed by atoms with E-state index in [2.05, 4.69) is 14.8 Å². The van der Waals surface area contributed by atoms with Crippen molar-refractivity contribution in [1.82, 2.24) is 10.0 Å². The molecule has 0 atom stereocenters. The number of esters is 1. The first-order valence-corrected chi connectivity index (χ1v) is 8.03. The lowest BCUT2D eigenvalue weighted by Crippen LogP contribution is -2.43. The Morgan fingerprint density at radius 1 is 1.38 bits per heavy atom. The summed E-state index contributed by atoms with van der Waals surface area (Å²) in [6, 6.07) is 2.74. The molecule has 2 rings (SSSR count). The van der Waals surface area contributed by atoms with Gasteiger partial charge in [-0.15, -0.1) is 0 Å². The molecule has 0 spiro atoms. The van der Waals surface area contributed by atoms with Crippen LogP contribution >= 0.6 is 0 Å². The Hall–Kier alpha value is -1.51. The third kappa shape index (κ3) is 3.78. The molecule has 1 aromatic rings. The number of hydrogen-bond acceptors (Lipinski definition) is 5. The summed E-state index contributed by atoms with van der Waals surface area (Å²) in [5, 5.41) is 3.13. The fourth-order valence-electron chi connectivity index (χ4n) is 2.23. The third-order valence-corrected chi connectivity index (χ3v) is 4.88. The Bertz CT molecular complexity index is 627. The second kappa shape index (κ2) is 6.50. The largest absolute Gasteiger partial charge is 0.465 e. The fourth-order valence-corrected chi connectivity index (χ4v) is 3.71. The van der Waals surface area contributed by atoms with Crippen LogP contribution in [0.3, 0.4) is 0 Å². The van der Waals surface area contributed by atoms with Gasteiger partial charge in [-0.05, 0) is 44.1 Å². The summed E-state index contributed by atoms with van der Waals surface area (Å²) >= 11 is 0. The smallest absolute Gasteiger partial charge is 0.339 e. The summed E-state index contributed by atoms with van der Waals surface area (Å²) in [5.74, 6) is -1.59. The van der Waals surface area contributed by atoms with Gasteiger partial charge in [0.25, 0.3) is 0 Å². The zero-order valence-corrected chi connectivity index (χ0v) is 12.4. The molecule has 1 fully saturated rings. The minimum atomic E-state index is -3.91. The molecule has 21 heavy (non-hydrogen) atoms. The molecule has 0 radical (unpaired) electrons. The minimum Gasteiger partial charge on any atom is -0.465 e. The number of hydrogen-bond donors (Lipinski definition) is 2. The van der Waals surface area contributed by atoms with E-state index in [4.69, 9.17) is 0 Å². The van der Waals surface area contributed by atoms with Crippen molar-refractivity contribution >= 4 is 16.0 Å². The molecular weight excluding hydrogens is 299 g/mol. The molecule has 6 nitrogen and oxygen atoms in total. The van der Waals surface area contributed by atoms with Gasteiger partial charge in [0.15, 0.2) is 0 Å². The van der Waals surface area contributed by atoms with E-state index in [-0.39, 0.29) is 16.5 Å². The van der Waals surface area contributed by atoms with E-state index in [1.54, 1.807) is 0 Å². The summed E-state index contributed by atoms with van der Waals surface area (Å²) in [7, 11) is -2.79. The Morgan fingerprint density at radius 2 is 2.05 bits per heavy atom. The molecular formula is C13H17FN2O4S. The van der Waals surface area contributed by atoms with Crippen molar-refractivity contribution in [2.75, 3.05) is 20.2 Å². The van der Waals surface area contributed by atoms with Crippen LogP contribution < -0.4 is 10.0 Å². The van der Waals surface area contributed by atoms with Crippen LogP contribution in [0.1, 0.15) is 23.2 Å². The first-order chi connectivity index (χ1) is 9.94. The maximum absolute atomic E-state index is 13.3. The maximum Gasteiger partial charge on any atom is 0.339 e. The summed E-state index contributed by atoms with van der Waals surface area (Å²) in [6.07, 6.45) is 1.32. The van der Waals surface area contributed by atoms with Crippen molar-refractivity contribution in [3.63, 3.8) is 0 Å². The monoisotopic (exact) mass is 316 g/mol. The first kappa shape index (κ1) is 15.9. The van der Waals surface area contributed by atoms with E-state index in [0.29, 0.717) is 12.8 Å². The van der Waals surface area contributed by atoms with Gasteiger partial charge in [0.2, 0.25) is 10.0 Å². The van der Waals surface area contributed by atoms with E-state index in [0.717, 1.165) is 38.4 Å². The number of methoxy groups -OCH3 is 1. The number of rotatable bonds is 4. The molecule has 116 valence electrons. The molecule has 1 saturated heterocycles. The van der Waals surface area contributed by atoms with Gasteiger partial charge in [-0.25, -0.2) is 22.3 Å². The predicted molar refractivity (Wildman–Crippen MR) is 74.0 cm³/mol. The Balaban J connectivity index is 2.32. The molecule has 0 amide bonds. The minimum absolute atomic E-state index is 0.202. The Labute approximate surface area is 122 Å². The lowest BCUT2D eigenvalue weighted by Gasteiger charge is -2.23. The van der Waals surface area contributed by atoms with Crippen molar-refractivity contribution in [3.8, 4) is 0 Å². The molecule has 1 aliphatic rings. The molecule has 0 bridgehead atoms. The summed E-state index contributed by atoms with van der Waals surface area (Å²) in [4.78, 5) is 11.4. The highest BCUT2D eigenvalue weighted by Crippen LogP contribution is 2.19. The number of halogens is 1. The molecule has 1 aliphatic heterocycles. The highest BCUT2D eigenvalue weighted by Gasteiger charge is 2.27. The van der Waals surface area contributed by atoms with Crippen LogP contribution in [0.4, 0.5) is 4.39 Å². The Kier molecular flexibility index (Phi) is 4.92. The molecule has 8 heteroatoms. The fraction of sp³-hybridized carbons (Fsp3) is 0.462. The van der Waals surface area contributed by atoms with E-state index in [9.17, 15) is 17.6 Å². The number of nitrogens with one attached hydrogen (secondary N) is 2. The van der Waals surface area contributed by atoms with Crippen LogP contribution in [0.25, 0.3) is 0 Å². The lowest BCUT2D eigenvalue weighted by molar-refractivity contribution is 0.0595. The SMILES string of the molecule is COC(=O)c1cc(F)ccc1S(=O)(=O)NC1CCNCC1. The summed E-state index contributed by atoms with van der Waals surface area (Å²) in [5.41, 5.74) is -0.307. The topological polar surface area (TPSA) is 84.5 Å². The summed E-state index contributed by atoms with van der Waals surface area (Å²) < 4.78 is 45.1. The van der Waals surface area contributed by atoms with E-state index in [1.807, 2.05) is 0 Å². The van der Waals surface area contributed by atoms with Crippen molar-refractivity contribution in [1.29, 1.82) is 0 Å².